The van der Waals surface area contributed by atoms with Crippen LogP contribution in [0.3, 0.4) is 0 Å². The SMILES string of the molecule is Cn1nc2c3c(c(NC(=O)c4cc(F)cc(C(F)(F)F)c4)cc2c1-c1cnc[nH]1)C(c1cc(F)ccc1Cl)NC3=O. The standard InChI is InChI=1S/C27H16ClF5N6O2/c1-39-24(19-9-34-10-35-19)16-8-18(36-25(40)11-4-12(27(31,32)33)6-14(30)5-11)20-21(23(16)38-39)26(41)37-22(20)15-7-13(29)2-3-17(15)28/h2-10,22H,1H3,(H,34,35)(H,36,40)(H,37,41). The molecule has 0 fully saturated rings. The molecule has 208 valence electrons. The van der Waals surface area contributed by atoms with Gasteiger partial charge in [0.2, 0.25) is 0 Å². The summed E-state index contributed by atoms with van der Waals surface area (Å²) in [5.41, 5.74) is -0.345. The summed E-state index contributed by atoms with van der Waals surface area (Å²) in [6, 6.07) is 5.43. The van der Waals surface area contributed by atoms with Crippen LogP contribution in [0.5, 0.6) is 0 Å². The van der Waals surface area contributed by atoms with Gasteiger partial charge in [-0.15, -0.1) is 0 Å². The Bertz CT molecular complexity index is 1880. The van der Waals surface area contributed by atoms with Crippen LogP contribution in [0.4, 0.5) is 27.6 Å². The van der Waals surface area contributed by atoms with Crippen molar-refractivity contribution in [3.8, 4) is 11.4 Å². The van der Waals surface area contributed by atoms with Gasteiger partial charge in [-0.05, 0) is 42.5 Å². The molecule has 14 heteroatoms. The minimum Gasteiger partial charge on any atom is -0.343 e. The monoisotopic (exact) mass is 586 g/mol. The number of aryl methyl sites for hydroxylation is 1. The first-order chi connectivity index (χ1) is 19.4. The van der Waals surface area contributed by atoms with Gasteiger partial charge >= 0.3 is 6.18 Å². The highest BCUT2D eigenvalue weighted by molar-refractivity contribution is 6.31. The largest absolute Gasteiger partial charge is 0.416 e. The molecule has 41 heavy (non-hydrogen) atoms. The Morgan fingerprint density at radius 2 is 1.88 bits per heavy atom. The maximum atomic E-state index is 14.3. The number of nitrogens with zero attached hydrogens (tertiary/aromatic N) is 3. The van der Waals surface area contributed by atoms with E-state index in [-0.39, 0.29) is 39.0 Å². The fourth-order valence-electron chi connectivity index (χ4n) is 5.01. The molecular weight excluding hydrogens is 571 g/mol. The third-order valence-electron chi connectivity index (χ3n) is 6.72. The third-order valence-corrected chi connectivity index (χ3v) is 7.06. The van der Waals surface area contributed by atoms with Crippen LogP contribution in [-0.4, -0.2) is 31.6 Å². The summed E-state index contributed by atoms with van der Waals surface area (Å²) in [6.07, 6.45) is -1.95. The van der Waals surface area contributed by atoms with Gasteiger partial charge in [0.25, 0.3) is 11.8 Å². The number of alkyl halides is 3. The van der Waals surface area contributed by atoms with E-state index in [0.717, 1.165) is 12.1 Å². The zero-order valence-electron chi connectivity index (χ0n) is 20.7. The first-order valence-electron chi connectivity index (χ1n) is 11.9. The van der Waals surface area contributed by atoms with Crippen molar-refractivity contribution in [2.45, 2.75) is 12.2 Å². The van der Waals surface area contributed by atoms with E-state index < -0.39 is 46.8 Å². The molecular formula is C27H16ClF5N6O2. The van der Waals surface area contributed by atoms with Crippen LogP contribution >= 0.6 is 11.6 Å². The molecule has 0 spiro atoms. The van der Waals surface area contributed by atoms with E-state index in [1.54, 1.807) is 7.05 Å². The van der Waals surface area contributed by atoms with Crippen molar-refractivity contribution in [3.05, 3.63) is 99.5 Å². The Morgan fingerprint density at radius 1 is 1.10 bits per heavy atom. The molecule has 5 aromatic rings. The maximum absolute atomic E-state index is 14.3. The van der Waals surface area contributed by atoms with E-state index in [0.29, 0.717) is 28.9 Å². The number of carbonyl (C=O) groups is 2. The van der Waals surface area contributed by atoms with Crippen molar-refractivity contribution in [1.82, 2.24) is 25.1 Å². The fraction of sp³-hybridized carbons (Fsp3) is 0.111. The number of aromatic nitrogens is 4. The van der Waals surface area contributed by atoms with Gasteiger partial charge in [-0.25, -0.2) is 13.8 Å². The number of carbonyl (C=O) groups excluding carboxylic acids is 2. The molecule has 0 radical (unpaired) electrons. The molecule has 1 atom stereocenters. The highest BCUT2D eigenvalue weighted by Crippen LogP contribution is 2.44. The average Bonchev–Trinajstić information content (AvgIpc) is 3.62. The number of hydrogen-bond acceptors (Lipinski definition) is 4. The van der Waals surface area contributed by atoms with E-state index >= 15 is 0 Å². The van der Waals surface area contributed by atoms with Gasteiger partial charge in [0.15, 0.2) is 0 Å². The second-order valence-corrected chi connectivity index (χ2v) is 9.71. The van der Waals surface area contributed by atoms with Crippen LogP contribution in [0.2, 0.25) is 5.02 Å². The number of anilines is 1. The number of halogens is 6. The van der Waals surface area contributed by atoms with Gasteiger partial charge in [0.05, 0.1) is 41.1 Å². The third kappa shape index (κ3) is 4.47. The summed E-state index contributed by atoms with van der Waals surface area (Å²) in [5, 5.41) is 10.3. The fourth-order valence-corrected chi connectivity index (χ4v) is 5.23. The molecule has 0 saturated heterocycles. The van der Waals surface area contributed by atoms with E-state index in [2.05, 4.69) is 25.7 Å². The Kier molecular flexibility index (Phi) is 6.07. The topological polar surface area (TPSA) is 105 Å². The van der Waals surface area contributed by atoms with Crippen molar-refractivity contribution < 1.29 is 31.5 Å². The molecule has 1 unspecified atom stereocenters. The minimum absolute atomic E-state index is 0.00670. The summed E-state index contributed by atoms with van der Waals surface area (Å²) in [6.45, 7) is 0. The van der Waals surface area contributed by atoms with Gasteiger partial charge < -0.3 is 15.6 Å². The van der Waals surface area contributed by atoms with Gasteiger partial charge in [-0.1, -0.05) is 11.6 Å². The zero-order chi connectivity index (χ0) is 29.2. The summed E-state index contributed by atoms with van der Waals surface area (Å²) in [5.74, 6) is -3.59. The maximum Gasteiger partial charge on any atom is 0.416 e. The number of nitrogens with one attached hydrogen (secondary N) is 3. The molecule has 0 bridgehead atoms. The molecule has 6 rings (SSSR count). The number of imidazole rings is 1. The summed E-state index contributed by atoms with van der Waals surface area (Å²) in [4.78, 5) is 33.6. The highest BCUT2D eigenvalue weighted by Gasteiger charge is 2.38. The Morgan fingerprint density at radius 3 is 2.59 bits per heavy atom. The van der Waals surface area contributed by atoms with Crippen LogP contribution in [-0.2, 0) is 13.2 Å². The summed E-state index contributed by atoms with van der Waals surface area (Å²) < 4.78 is 69.8. The predicted molar refractivity (Wildman–Crippen MR) is 138 cm³/mol. The van der Waals surface area contributed by atoms with E-state index in [1.165, 1.54) is 29.3 Å². The number of rotatable bonds is 4. The molecule has 2 amide bonds. The Labute approximate surface area is 232 Å². The van der Waals surface area contributed by atoms with Crippen LogP contribution < -0.4 is 10.6 Å². The molecule has 0 aliphatic carbocycles. The van der Waals surface area contributed by atoms with Crippen molar-refractivity contribution in [1.29, 1.82) is 0 Å². The lowest BCUT2D eigenvalue weighted by molar-refractivity contribution is -0.137. The minimum atomic E-state index is -4.90. The van der Waals surface area contributed by atoms with Crippen LogP contribution in [0.1, 0.15) is 43.4 Å². The Hall–Kier alpha value is -4.78. The second-order valence-electron chi connectivity index (χ2n) is 9.30. The number of fused-ring (bicyclic) bond motifs is 3. The molecule has 1 aliphatic heterocycles. The van der Waals surface area contributed by atoms with Gasteiger partial charge in [0.1, 0.15) is 17.2 Å². The first kappa shape index (κ1) is 26.4. The molecule has 1 aliphatic rings. The predicted octanol–water partition coefficient (Wildman–Crippen LogP) is 6.00. The zero-order valence-corrected chi connectivity index (χ0v) is 21.5. The average molecular weight is 587 g/mol. The quantitative estimate of drug-likeness (QED) is 0.225. The van der Waals surface area contributed by atoms with Crippen molar-refractivity contribution >= 4 is 40.0 Å². The first-order valence-corrected chi connectivity index (χ1v) is 12.3. The second kappa shape index (κ2) is 9.41. The van der Waals surface area contributed by atoms with Crippen LogP contribution in [0.15, 0.2) is 55.0 Å². The molecule has 2 aromatic heterocycles. The van der Waals surface area contributed by atoms with Gasteiger partial charge in [0, 0.05) is 39.8 Å². The lowest BCUT2D eigenvalue weighted by Crippen LogP contribution is -2.21. The molecule has 3 heterocycles. The molecule has 8 nitrogen and oxygen atoms in total. The lowest BCUT2D eigenvalue weighted by Gasteiger charge is -2.18. The molecule has 3 N–H and O–H groups in total. The van der Waals surface area contributed by atoms with E-state index in [1.807, 2.05) is 0 Å². The summed E-state index contributed by atoms with van der Waals surface area (Å²) >= 11 is 6.35. The number of benzene rings is 3. The van der Waals surface area contributed by atoms with Gasteiger partial charge in [-0.2, -0.15) is 18.3 Å². The number of hydrogen-bond donors (Lipinski definition) is 3. The Balaban J connectivity index is 1.58. The van der Waals surface area contributed by atoms with Crippen molar-refractivity contribution in [2.75, 3.05) is 5.32 Å². The number of H-pyrrole nitrogens is 1. The van der Waals surface area contributed by atoms with Gasteiger partial charge in [-0.3, -0.25) is 14.3 Å². The number of amides is 2. The van der Waals surface area contributed by atoms with Crippen LogP contribution in [0, 0.1) is 11.6 Å². The van der Waals surface area contributed by atoms with E-state index in [9.17, 15) is 31.5 Å². The van der Waals surface area contributed by atoms with Crippen molar-refractivity contribution in [2.24, 2.45) is 7.05 Å². The number of aromatic amines is 1. The van der Waals surface area contributed by atoms with Crippen molar-refractivity contribution in [3.63, 3.8) is 0 Å². The molecule has 3 aromatic carbocycles. The normalized spacial score (nSPS) is 14.8. The lowest BCUT2D eigenvalue weighted by atomic mass is 9.93. The smallest absolute Gasteiger partial charge is 0.343 e. The van der Waals surface area contributed by atoms with Crippen LogP contribution in [0.25, 0.3) is 22.3 Å². The summed E-state index contributed by atoms with van der Waals surface area (Å²) in [7, 11) is 1.63. The van der Waals surface area contributed by atoms with E-state index in [4.69, 9.17) is 11.6 Å². The highest BCUT2D eigenvalue weighted by atomic mass is 35.5. The molecule has 0 saturated carbocycles.